The van der Waals surface area contributed by atoms with Gasteiger partial charge >= 0.3 is 0 Å². The van der Waals surface area contributed by atoms with Gasteiger partial charge in [-0.3, -0.25) is 4.79 Å². The number of carbonyl (C=O) groups is 1. The molecule has 3 N–H and O–H groups in total. The van der Waals surface area contributed by atoms with Crippen molar-refractivity contribution in [3.05, 3.63) is 50.9 Å². The van der Waals surface area contributed by atoms with Gasteiger partial charge in [0.25, 0.3) is 5.91 Å². The summed E-state index contributed by atoms with van der Waals surface area (Å²) < 4.78 is 13.7. The Kier molecular flexibility index (Phi) is 4.39. The van der Waals surface area contributed by atoms with Crippen LogP contribution in [0, 0.1) is 5.82 Å². The molecular weight excluding hydrogens is 287 g/mol. The Labute approximate surface area is 119 Å². The van der Waals surface area contributed by atoms with Crippen molar-refractivity contribution in [2.75, 3.05) is 12.3 Å². The summed E-state index contributed by atoms with van der Waals surface area (Å²) in [5.74, 6) is -0.792. The predicted molar refractivity (Wildman–Crippen MR) is 76.2 cm³/mol. The molecule has 0 aliphatic rings. The van der Waals surface area contributed by atoms with Crippen molar-refractivity contribution in [3.63, 3.8) is 0 Å². The molecular formula is C13H12ClFN2OS. The number of rotatable bonds is 4. The zero-order valence-electron chi connectivity index (χ0n) is 9.95. The van der Waals surface area contributed by atoms with Gasteiger partial charge in [0.1, 0.15) is 5.82 Å². The van der Waals surface area contributed by atoms with Crippen molar-refractivity contribution in [1.29, 1.82) is 0 Å². The fourth-order valence-corrected chi connectivity index (χ4v) is 2.66. The lowest BCUT2D eigenvalue weighted by molar-refractivity contribution is 0.0954. The van der Waals surface area contributed by atoms with E-state index in [1.807, 2.05) is 12.1 Å². The molecule has 3 nitrogen and oxygen atoms in total. The smallest absolute Gasteiger partial charge is 0.251 e. The molecule has 0 atom stereocenters. The van der Waals surface area contributed by atoms with Crippen molar-refractivity contribution in [2.24, 2.45) is 0 Å². The number of nitrogens with two attached hydrogens (primary N) is 1. The average molecular weight is 299 g/mol. The molecule has 0 aliphatic carbocycles. The first-order valence-electron chi connectivity index (χ1n) is 5.63. The molecule has 0 unspecified atom stereocenters. The van der Waals surface area contributed by atoms with Crippen LogP contribution in [0.4, 0.5) is 10.1 Å². The van der Waals surface area contributed by atoms with E-state index in [0.29, 0.717) is 18.5 Å². The number of nitrogens with one attached hydrogen (secondary N) is 1. The van der Waals surface area contributed by atoms with Gasteiger partial charge in [-0.15, -0.1) is 11.3 Å². The summed E-state index contributed by atoms with van der Waals surface area (Å²) in [6, 6.07) is 7.66. The van der Waals surface area contributed by atoms with E-state index in [1.165, 1.54) is 29.5 Å². The molecule has 1 heterocycles. The molecule has 0 saturated carbocycles. The zero-order valence-corrected chi connectivity index (χ0v) is 11.5. The topological polar surface area (TPSA) is 55.1 Å². The molecule has 1 aromatic carbocycles. The van der Waals surface area contributed by atoms with Crippen LogP contribution in [-0.2, 0) is 6.42 Å². The van der Waals surface area contributed by atoms with E-state index in [9.17, 15) is 9.18 Å². The number of halogens is 2. The van der Waals surface area contributed by atoms with E-state index in [1.54, 1.807) is 0 Å². The van der Waals surface area contributed by atoms with E-state index in [0.717, 1.165) is 9.21 Å². The lowest BCUT2D eigenvalue weighted by Gasteiger charge is -2.05. The highest BCUT2D eigenvalue weighted by molar-refractivity contribution is 7.16. The van der Waals surface area contributed by atoms with Gasteiger partial charge in [0.05, 0.1) is 10.0 Å². The molecule has 1 amide bonds. The molecule has 0 bridgehead atoms. The number of hydrogen-bond acceptors (Lipinski definition) is 3. The fraction of sp³-hybridized carbons (Fsp3) is 0.154. The van der Waals surface area contributed by atoms with E-state index in [2.05, 4.69) is 5.32 Å². The summed E-state index contributed by atoms with van der Waals surface area (Å²) >= 11 is 7.30. The normalized spacial score (nSPS) is 10.4. The number of carbonyl (C=O) groups excluding carboxylic acids is 1. The highest BCUT2D eigenvalue weighted by atomic mass is 35.5. The van der Waals surface area contributed by atoms with Crippen LogP contribution in [0.5, 0.6) is 0 Å². The molecule has 2 aromatic rings. The molecule has 0 aliphatic heterocycles. The maximum atomic E-state index is 13.0. The third kappa shape index (κ3) is 3.68. The van der Waals surface area contributed by atoms with E-state index in [4.69, 9.17) is 17.3 Å². The van der Waals surface area contributed by atoms with Gasteiger partial charge in [-0.05, 0) is 36.8 Å². The lowest BCUT2D eigenvalue weighted by atomic mass is 10.2. The summed E-state index contributed by atoms with van der Waals surface area (Å²) in [5, 5.41) is 2.75. The minimum Gasteiger partial charge on any atom is -0.396 e. The third-order valence-corrected chi connectivity index (χ3v) is 3.83. The third-order valence-electron chi connectivity index (χ3n) is 2.54. The second-order valence-electron chi connectivity index (χ2n) is 3.95. The quantitative estimate of drug-likeness (QED) is 0.852. The Hall–Kier alpha value is -1.59. The first-order chi connectivity index (χ1) is 9.06. The maximum Gasteiger partial charge on any atom is 0.251 e. The lowest BCUT2D eigenvalue weighted by Crippen LogP contribution is -2.25. The van der Waals surface area contributed by atoms with Gasteiger partial charge < -0.3 is 11.1 Å². The van der Waals surface area contributed by atoms with Crippen molar-refractivity contribution < 1.29 is 9.18 Å². The van der Waals surface area contributed by atoms with Gasteiger partial charge in [0.2, 0.25) is 0 Å². The average Bonchev–Trinajstić information content (AvgIpc) is 2.78. The highest BCUT2D eigenvalue weighted by Gasteiger charge is 2.08. The number of anilines is 1. The fourth-order valence-electron chi connectivity index (χ4n) is 1.57. The number of amides is 1. The van der Waals surface area contributed by atoms with Crippen molar-refractivity contribution in [2.45, 2.75) is 6.42 Å². The van der Waals surface area contributed by atoms with Crippen molar-refractivity contribution in [3.8, 4) is 0 Å². The summed E-state index contributed by atoms with van der Waals surface area (Å²) in [4.78, 5) is 12.9. The van der Waals surface area contributed by atoms with Crippen LogP contribution in [0.3, 0.4) is 0 Å². The van der Waals surface area contributed by atoms with Gasteiger partial charge in [0.15, 0.2) is 0 Å². The Bertz CT molecular complexity index is 600. The summed E-state index contributed by atoms with van der Waals surface area (Å²) in [6.07, 6.45) is 0.708. The summed E-state index contributed by atoms with van der Waals surface area (Å²) in [7, 11) is 0. The van der Waals surface area contributed by atoms with Gasteiger partial charge in [-0.25, -0.2) is 4.39 Å². The Balaban J connectivity index is 1.89. The van der Waals surface area contributed by atoms with Crippen LogP contribution in [0.25, 0.3) is 0 Å². The SMILES string of the molecule is Nc1cc(C(=O)NCCc2ccc(Cl)s2)ccc1F. The first-order valence-corrected chi connectivity index (χ1v) is 6.83. The Morgan fingerprint density at radius 1 is 1.37 bits per heavy atom. The Morgan fingerprint density at radius 2 is 2.16 bits per heavy atom. The standard InChI is InChI=1S/C13H12ClFN2OS/c14-12-4-2-9(19-12)5-6-17-13(18)8-1-3-10(15)11(16)7-8/h1-4,7H,5-6,16H2,(H,17,18). The van der Waals surface area contributed by atoms with Crippen LogP contribution in [0.2, 0.25) is 4.34 Å². The van der Waals surface area contributed by atoms with Crippen LogP contribution in [0.15, 0.2) is 30.3 Å². The maximum absolute atomic E-state index is 13.0. The first kappa shape index (κ1) is 13.8. The number of nitrogen functional groups attached to an aromatic ring is 1. The molecule has 6 heteroatoms. The summed E-state index contributed by atoms with van der Waals surface area (Å²) in [5.41, 5.74) is 5.73. The molecule has 0 saturated heterocycles. The monoisotopic (exact) mass is 298 g/mol. The Morgan fingerprint density at radius 3 is 2.79 bits per heavy atom. The van der Waals surface area contributed by atoms with Crippen LogP contribution < -0.4 is 11.1 Å². The second kappa shape index (κ2) is 6.04. The number of hydrogen-bond donors (Lipinski definition) is 2. The summed E-state index contributed by atoms with van der Waals surface area (Å²) in [6.45, 7) is 0.493. The van der Waals surface area contributed by atoms with Crippen molar-refractivity contribution >= 4 is 34.5 Å². The molecule has 0 radical (unpaired) electrons. The van der Waals surface area contributed by atoms with Crippen LogP contribution in [0.1, 0.15) is 15.2 Å². The molecule has 0 spiro atoms. The second-order valence-corrected chi connectivity index (χ2v) is 5.75. The number of thiophene rings is 1. The molecule has 2 rings (SSSR count). The molecule has 0 fully saturated rings. The van der Waals surface area contributed by atoms with Gasteiger partial charge in [-0.2, -0.15) is 0 Å². The minimum absolute atomic E-state index is 0.0299. The van der Waals surface area contributed by atoms with E-state index >= 15 is 0 Å². The van der Waals surface area contributed by atoms with Crippen molar-refractivity contribution in [1.82, 2.24) is 5.32 Å². The van der Waals surface area contributed by atoms with Gasteiger partial charge in [-0.1, -0.05) is 11.6 Å². The molecule has 19 heavy (non-hydrogen) atoms. The minimum atomic E-state index is -0.523. The zero-order chi connectivity index (χ0) is 13.8. The highest BCUT2D eigenvalue weighted by Crippen LogP contribution is 2.21. The predicted octanol–water partition coefficient (Wildman–Crippen LogP) is 3.10. The number of benzene rings is 1. The largest absolute Gasteiger partial charge is 0.396 e. The van der Waals surface area contributed by atoms with Gasteiger partial charge in [0, 0.05) is 17.0 Å². The molecule has 100 valence electrons. The van der Waals surface area contributed by atoms with E-state index < -0.39 is 5.82 Å². The van der Waals surface area contributed by atoms with Crippen LogP contribution >= 0.6 is 22.9 Å². The molecule has 1 aromatic heterocycles. The van der Waals surface area contributed by atoms with E-state index in [-0.39, 0.29) is 11.6 Å². The van der Waals surface area contributed by atoms with Crippen LogP contribution in [-0.4, -0.2) is 12.5 Å².